The number of hydrogen-bond donors (Lipinski definition) is 1. The number of aryl methyl sites for hydroxylation is 2. The lowest BCUT2D eigenvalue weighted by molar-refractivity contribution is 0.0620. The fourth-order valence-electron chi connectivity index (χ4n) is 8.41. The van der Waals surface area contributed by atoms with Crippen molar-refractivity contribution < 1.29 is 9.59 Å². The van der Waals surface area contributed by atoms with Crippen LogP contribution < -0.4 is 0 Å². The maximum Gasteiger partial charge on any atom is 0.254 e. The first-order valence-corrected chi connectivity index (χ1v) is 21.4. The molecular weight excluding hydrogens is 787 g/mol. The molecule has 13 heteroatoms. The number of nitrogens with one attached hydrogen (secondary N) is 1. The lowest BCUT2D eigenvalue weighted by Gasteiger charge is -2.35. The minimum absolute atomic E-state index is 0.0979. The molecule has 4 aromatic carbocycles. The molecule has 2 aliphatic heterocycles. The summed E-state index contributed by atoms with van der Waals surface area (Å²) >= 11 is 0. The van der Waals surface area contributed by atoms with Gasteiger partial charge in [0.2, 0.25) is 0 Å². The maximum atomic E-state index is 13.1. The van der Waals surface area contributed by atoms with E-state index in [9.17, 15) is 9.59 Å². The fourth-order valence-corrected chi connectivity index (χ4v) is 8.41. The van der Waals surface area contributed by atoms with Crippen LogP contribution in [-0.2, 0) is 26.2 Å². The lowest BCUT2D eigenvalue weighted by Crippen LogP contribution is -2.48. The average Bonchev–Trinajstić information content (AvgIpc) is 4.09. The summed E-state index contributed by atoms with van der Waals surface area (Å²) in [4.78, 5) is 46.5. The predicted octanol–water partition coefficient (Wildman–Crippen LogP) is 6.62. The molecule has 5 heterocycles. The minimum atomic E-state index is 0.0979. The van der Waals surface area contributed by atoms with Crippen LogP contribution in [0.2, 0.25) is 0 Å². The third kappa shape index (κ3) is 10.4. The Labute approximate surface area is 368 Å². The van der Waals surface area contributed by atoms with E-state index < -0.39 is 0 Å². The SMILES string of the molecule is Cc1cc(C)cc(C(=O)N2CCN(Cc3cncn3Cc3ccc(C#N)cc3)CC2)c1.N#Cc1ccc(Cn2cncc2CN2CCN(C(=O)c3cccc4[nH]ccc34)CC2)cc1. The van der Waals surface area contributed by atoms with Gasteiger partial charge in [0.15, 0.2) is 0 Å². The van der Waals surface area contributed by atoms with Gasteiger partial charge in [0.05, 0.1) is 47.3 Å². The van der Waals surface area contributed by atoms with Crippen molar-refractivity contribution in [3.8, 4) is 12.1 Å². The zero-order chi connectivity index (χ0) is 43.7. The van der Waals surface area contributed by atoms with Crippen LogP contribution in [0, 0.1) is 36.5 Å². The summed E-state index contributed by atoms with van der Waals surface area (Å²) in [6, 6.07) is 33.5. The molecule has 0 saturated carbocycles. The second kappa shape index (κ2) is 19.6. The molecule has 7 aromatic rings. The van der Waals surface area contributed by atoms with E-state index in [4.69, 9.17) is 10.5 Å². The Morgan fingerprint density at radius 3 is 1.59 bits per heavy atom. The molecule has 63 heavy (non-hydrogen) atoms. The number of carbonyl (C=O) groups excluding carboxylic acids is 2. The summed E-state index contributed by atoms with van der Waals surface area (Å²) in [5.41, 5.74) is 10.7. The van der Waals surface area contributed by atoms with Gasteiger partial charge in [-0.25, -0.2) is 9.97 Å². The van der Waals surface area contributed by atoms with Gasteiger partial charge in [-0.3, -0.25) is 19.4 Å². The van der Waals surface area contributed by atoms with E-state index in [2.05, 4.69) is 52.1 Å². The molecule has 2 aliphatic rings. The highest BCUT2D eigenvalue weighted by Crippen LogP contribution is 2.21. The van der Waals surface area contributed by atoms with Gasteiger partial charge in [-0.15, -0.1) is 0 Å². The third-order valence-corrected chi connectivity index (χ3v) is 11.9. The van der Waals surface area contributed by atoms with Crippen LogP contribution in [0.5, 0.6) is 0 Å². The van der Waals surface area contributed by atoms with Crippen LogP contribution in [0.3, 0.4) is 0 Å². The van der Waals surface area contributed by atoms with Crippen LogP contribution >= 0.6 is 0 Å². The number of H-pyrrole nitrogens is 1. The molecule has 0 radical (unpaired) electrons. The van der Waals surface area contributed by atoms with Crippen LogP contribution in [0.25, 0.3) is 10.9 Å². The number of rotatable bonds is 10. The van der Waals surface area contributed by atoms with Gasteiger partial charge in [0.25, 0.3) is 11.8 Å². The number of fused-ring (bicyclic) bond motifs is 1. The van der Waals surface area contributed by atoms with Gasteiger partial charge in [-0.05, 0) is 79.6 Å². The summed E-state index contributed by atoms with van der Waals surface area (Å²) in [7, 11) is 0. The number of piperazine rings is 2. The molecule has 2 amide bonds. The smallest absolute Gasteiger partial charge is 0.254 e. The quantitative estimate of drug-likeness (QED) is 0.162. The largest absolute Gasteiger partial charge is 0.361 e. The van der Waals surface area contributed by atoms with E-state index in [-0.39, 0.29) is 11.8 Å². The molecule has 9 rings (SSSR count). The highest BCUT2D eigenvalue weighted by atomic mass is 16.2. The van der Waals surface area contributed by atoms with Crippen LogP contribution in [0.1, 0.15) is 65.5 Å². The van der Waals surface area contributed by atoms with Crippen molar-refractivity contribution in [3.63, 3.8) is 0 Å². The highest BCUT2D eigenvalue weighted by molar-refractivity contribution is 6.06. The molecule has 2 fully saturated rings. The van der Waals surface area contributed by atoms with Crippen molar-refractivity contribution in [1.82, 2.24) is 43.7 Å². The monoisotopic (exact) mass is 837 g/mol. The van der Waals surface area contributed by atoms with Gasteiger partial charge in [0, 0.05) is 119 Å². The second-order valence-corrected chi connectivity index (χ2v) is 16.4. The van der Waals surface area contributed by atoms with Crippen molar-refractivity contribution in [2.24, 2.45) is 0 Å². The first-order valence-electron chi connectivity index (χ1n) is 21.4. The average molecular weight is 838 g/mol. The maximum absolute atomic E-state index is 13.1. The summed E-state index contributed by atoms with van der Waals surface area (Å²) in [6.07, 6.45) is 9.41. The number of hydrogen-bond acceptors (Lipinski definition) is 8. The summed E-state index contributed by atoms with van der Waals surface area (Å²) in [5, 5.41) is 18.9. The van der Waals surface area contributed by atoms with Crippen molar-refractivity contribution in [2.45, 2.75) is 40.0 Å². The number of aromatic nitrogens is 5. The van der Waals surface area contributed by atoms with E-state index in [0.29, 0.717) is 24.2 Å². The summed E-state index contributed by atoms with van der Waals surface area (Å²) < 4.78 is 4.29. The lowest BCUT2D eigenvalue weighted by atomic mass is 10.1. The Balaban J connectivity index is 0.000000173. The Morgan fingerprint density at radius 2 is 1.10 bits per heavy atom. The topological polar surface area (TPSA) is 146 Å². The Kier molecular flexibility index (Phi) is 13.2. The number of imidazole rings is 2. The van der Waals surface area contributed by atoms with Crippen LogP contribution in [0.15, 0.2) is 122 Å². The van der Waals surface area contributed by atoms with Gasteiger partial charge in [-0.2, -0.15) is 10.5 Å². The van der Waals surface area contributed by atoms with Crippen molar-refractivity contribution >= 4 is 22.7 Å². The molecule has 13 nitrogen and oxygen atoms in total. The molecule has 0 unspecified atom stereocenters. The Morgan fingerprint density at radius 1 is 0.603 bits per heavy atom. The zero-order valence-electron chi connectivity index (χ0n) is 35.8. The number of carbonyl (C=O) groups is 2. The predicted molar refractivity (Wildman–Crippen MR) is 242 cm³/mol. The highest BCUT2D eigenvalue weighted by Gasteiger charge is 2.25. The molecule has 0 spiro atoms. The summed E-state index contributed by atoms with van der Waals surface area (Å²) in [6.45, 7) is 13.4. The van der Waals surface area contributed by atoms with Gasteiger partial charge in [-0.1, -0.05) is 47.5 Å². The molecule has 318 valence electrons. The van der Waals surface area contributed by atoms with Crippen LogP contribution in [0.4, 0.5) is 0 Å². The second-order valence-electron chi connectivity index (χ2n) is 16.4. The Bertz CT molecular complexity index is 2730. The van der Waals surface area contributed by atoms with Gasteiger partial charge in [0.1, 0.15) is 0 Å². The first-order chi connectivity index (χ1) is 30.7. The van der Waals surface area contributed by atoms with Crippen molar-refractivity contribution in [2.75, 3.05) is 52.4 Å². The number of amides is 2. The van der Waals surface area contributed by atoms with E-state index in [0.717, 1.165) is 121 Å². The van der Waals surface area contributed by atoms with Gasteiger partial charge < -0.3 is 23.9 Å². The summed E-state index contributed by atoms with van der Waals surface area (Å²) in [5.74, 6) is 0.220. The first kappa shape index (κ1) is 42.4. The van der Waals surface area contributed by atoms with E-state index in [1.165, 1.54) is 0 Å². The standard InChI is InChI=1S/C25H24N6O.C25H27N5O/c26-14-19-4-6-20(7-5-19)16-31-18-27-15-21(31)17-29-10-12-30(13-11-29)25(32)23-2-1-3-24-22(23)8-9-28-24;1-19-11-20(2)13-23(12-19)25(31)29-9-7-28(8-10-29)17-24-15-27-18-30(24)16-22-5-3-21(14-26)4-6-22/h1-9,15,18,28H,10-13,16-17H2;3-6,11-13,15,18H,7-10,16-17H2,1-2H3. The van der Waals surface area contributed by atoms with Gasteiger partial charge >= 0.3 is 0 Å². The normalized spacial score (nSPS) is 14.5. The van der Waals surface area contributed by atoms with Crippen molar-refractivity contribution in [1.29, 1.82) is 10.5 Å². The van der Waals surface area contributed by atoms with Crippen molar-refractivity contribution in [3.05, 3.63) is 178 Å². The van der Waals surface area contributed by atoms with Crippen LogP contribution in [-0.4, -0.2) is 108 Å². The van der Waals surface area contributed by atoms with E-state index in [1.807, 2.05) is 140 Å². The number of nitriles is 2. The minimum Gasteiger partial charge on any atom is -0.361 e. The number of benzene rings is 4. The van der Waals surface area contributed by atoms with E-state index in [1.54, 1.807) is 0 Å². The Hall–Kier alpha value is -7.32. The number of nitrogens with zero attached hydrogens (tertiary/aromatic N) is 10. The zero-order valence-corrected chi connectivity index (χ0v) is 35.8. The third-order valence-electron chi connectivity index (χ3n) is 11.9. The molecular formula is C50H51N11O2. The molecule has 2 saturated heterocycles. The number of aromatic amines is 1. The molecule has 0 atom stereocenters. The molecule has 3 aromatic heterocycles. The van der Waals surface area contributed by atoms with E-state index >= 15 is 0 Å². The molecule has 1 N–H and O–H groups in total. The molecule has 0 aliphatic carbocycles. The molecule has 0 bridgehead atoms. The fraction of sp³-hybridized carbons (Fsp3) is 0.280.